The molecule has 0 aromatic rings. The molecular weight excluding hydrogens is 166 g/mol. The Morgan fingerprint density at radius 1 is 1.08 bits per heavy atom. The Balaban J connectivity index is 2.20. The number of hydrogen-bond donors (Lipinski definition) is 0. The Hall–Kier alpha value is -0.700. The third kappa shape index (κ3) is 2.92. The number of unbranched alkanes of at least 4 members (excludes halogenated alkanes) is 3. The number of likely N-dealkylation sites (tertiary alicyclic amines) is 1. The van der Waals surface area contributed by atoms with Crippen molar-refractivity contribution in [3.63, 3.8) is 0 Å². The fourth-order valence-electron chi connectivity index (χ4n) is 1.57. The second-order valence-corrected chi connectivity index (χ2v) is 3.50. The molecule has 1 heterocycles. The molecule has 2 amide bonds. The van der Waals surface area contributed by atoms with Crippen LogP contribution in [0.5, 0.6) is 0 Å². The van der Waals surface area contributed by atoms with Crippen LogP contribution in [0.3, 0.4) is 0 Å². The molecule has 0 saturated carbocycles. The summed E-state index contributed by atoms with van der Waals surface area (Å²) in [6.45, 7) is 2.78. The second-order valence-electron chi connectivity index (χ2n) is 3.50. The summed E-state index contributed by atoms with van der Waals surface area (Å²) in [5, 5.41) is 0. The van der Waals surface area contributed by atoms with Gasteiger partial charge >= 0.3 is 11.8 Å². The largest absolute Gasteiger partial charge is 0.369 e. The number of hydrogen-bond acceptors (Lipinski definition) is 2. The van der Waals surface area contributed by atoms with Crippen LogP contribution in [0.1, 0.15) is 45.4 Å². The van der Waals surface area contributed by atoms with Crippen molar-refractivity contribution in [3.8, 4) is 0 Å². The maximum atomic E-state index is 11.2. The van der Waals surface area contributed by atoms with Gasteiger partial charge in [0.15, 0.2) is 0 Å². The van der Waals surface area contributed by atoms with E-state index in [-0.39, 0.29) is 11.8 Å². The number of rotatable bonds is 5. The Morgan fingerprint density at radius 3 is 2.23 bits per heavy atom. The number of carbonyl (C=O) groups is 2. The van der Waals surface area contributed by atoms with E-state index in [0.717, 1.165) is 12.8 Å². The molecule has 1 radical (unpaired) electrons. The molecule has 1 rings (SSSR count). The van der Waals surface area contributed by atoms with E-state index in [9.17, 15) is 9.59 Å². The van der Waals surface area contributed by atoms with Crippen molar-refractivity contribution in [2.24, 2.45) is 0 Å². The number of imide groups is 1. The minimum Gasteiger partial charge on any atom is -0.225 e. The van der Waals surface area contributed by atoms with Crippen molar-refractivity contribution in [3.05, 3.63) is 0 Å². The van der Waals surface area contributed by atoms with Crippen molar-refractivity contribution in [2.75, 3.05) is 6.54 Å². The first-order chi connectivity index (χ1) is 6.25. The molecule has 0 N–H and O–H groups in total. The van der Waals surface area contributed by atoms with Gasteiger partial charge in [0.2, 0.25) is 0 Å². The van der Waals surface area contributed by atoms with Gasteiger partial charge in [-0.2, -0.15) is 0 Å². The molecule has 3 heteroatoms. The van der Waals surface area contributed by atoms with E-state index in [0.29, 0.717) is 19.4 Å². The average Bonchev–Trinajstić information content (AvgIpc) is 2.42. The quantitative estimate of drug-likeness (QED) is 0.368. The summed E-state index contributed by atoms with van der Waals surface area (Å²) < 4.78 is 0. The topological polar surface area (TPSA) is 40.0 Å². The van der Waals surface area contributed by atoms with Crippen molar-refractivity contribution in [2.45, 2.75) is 45.4 Å². The van der Waals surface area contributed by atoms with Crippen LogP contribution >= 0.6 is 0 Å². The highest BCUT2D eigenvalue weighted by molar-refractivity contribution is 6.05. The van der Waals surface area contributed by atoms with E-state index in [4.69, 9.17) is 0 Å². The van der Waals surface area contributed by atoms with Gasteiger partial charge in [0.1, 0.15) is 6.54 Å². The van der Waals surface area contributed by atoms with Crippen molar-refractivity contribution < 1.29 is 9.59 Å². The van der Waals surface area contributed by atoms with Gasteiger partial charge in [-0.1, -0.05) is 19.8 Å². The monoisotopic (exact) mass is 183 g/mol. The molecule has 0 aliphatic carbocycles. The maximum absolute atomic E-state index is 11.2. The zero-order valence-corrected chi connectivity index (χ0v) is 8.21. The smallest absolute Gasteiger partial charge is 0.225 e. The molecule has 0 aromatic carbocycles. The number of amides is 2. The predicted molar refractivity (Wildman–Crippen MR) is 50.4 cm³/mol. The molecule has 13 heavy (non-hydrogen) atoms. The lowest BCUT2D eigenvalue weighted by atomic mass is 10.2. The summed E-state index contributed by atoms with van der Waals surface area (Å²) in [6, 6.07) is 0. The molecular formula is C10H17NO2+. The van der Waals surface area contributed by atoms with E-state index in [2.05, 4.69) is 6.92 Å². The van der Waals surface area contributed by atoms with E-state index in [1.165, 1.54) is 17.7 Å². The number of carbonyl (C=O) groups excluding carboxylic acids is 2. The molecule has 1 saturated heterocycles. The van der Waals surface area contributed by atoms with Crippen molar-refractivity contribution >= 4 is 11.8 Å². The molecule has 73 valence electrons. The lowest BCUT2D eigenvalue weighted by Gasteiger charge is -1.99. The molecule has 0 spiro atoms. The molecule has 0 atom stereocenters. The van der Waals surface area contributed by atoms with Crippen LogP contribution in [0.2, 0.25) is 0 Å². The maximum Gasteiger partial charge on any atom is 0.369 e. The van der Waals surface area contributed by atoms with Gasteiger partial charge < -0.3 is 0 Å². The number of nitrogens with zero attached hydrogens (tertiary/aromatic N) is 1. The van der Waals surface area contributed by atoms with Crippen LogP contribution in [0.25, 0.3) is 0 Å². The summed E-state index contributed by atoms with van der Waals surface area (Å²) in [7, 11) is 0. The van der Waals surface area contributed by atoms with E-state index in [1.54, 1.807) is 0 Å². The Kier molecular flexibility index (Phi) is 4.09. The Labute approximate surface area is 79.1 Å². The zero-order chi connectivity index (χ0) is 9.68. The van der Waals surface area contributed by atoms with Crippen LogP contribution in [0, 0.1) is 0 Å². The fourth-order valence-corrected chi connectivity index (χ4v) is 1.57. The molecule has 0 bridgehead atoms. The minimum atomic E-state index is 0.0153. The van der Waals surface area contributed by atoms with Gasteiger partial charge in [-0.25, -0.2) is 9.59 Å². The summed E-state index contributed by atoms with van der Waals surface area (Å²) in [5.74, 6) is 0.0306. The van der Waals surface area contributed by atoms with Gasteiger partial charge in [-0.15, -0.1) is 0 Å². The predicted octanol–water partition coefficient (Wildman–Crippen LogP) is 1.55. The summed E-state index contributed by atoms with van der Waals surface area (Å²) in [4.78, 5) is 23.7. The SMILES string of the molecule is CCCCCC[N+]1C(=O)CCC1=O. The fraction of sp³-hybridized carbons (Fsp3) is 0.800. The van der Waals surface area contributed by atoms with Crippen LogP contribution in [0.15, 0.2) is 0 Å². The minimum absolute atomic E-state index is 0.0153. The highest BCUT2D eigenvalue weighted by atomic mass is 16.2. The molecule has 0 unspecified atom stereocenters. The standard InChI is InChI=1S/C10H17NO2/c1-2-3-4-5-8-11-9(12)6-7-10(11)13/h2-8H2,1H3/q+1. The molecule has 0 aromatic heterocycles. The zero-order valence-electron chi connectivity index (χ0n) is 8.21. The van der Waals surface area contributed by atoms with Crippen LogP contribution < -0.4 is 4.90 Å². The Bertz CT molecular complexity index is 185. The van der Waals surface area contributed by atoms with Gasteiger partial charge in [0, 0.05) is 6.42 Å². The second kappa shape index (κ2) is 5.12. The lowest BCUT2D eigenvalue weighted by molar-refractivity contribution is -0.131. The first-order valence-electron chi connectivity index (χ1n) is 5.09. The first-order valence-corrected chi connectivity index (χ1v) is 5.09. The molecule has 1 fully saturated rings. The van der Waals surface area contributed by atoms with Gasteiger partial charge in [0.05, 0.1) is 12.8 Å². The van der Waals surface area contributed by atoms with Crippen LogP contribution in [-0.2, 0) is 9.59 Å². The van der Waals surface area contributed by atoms with Gasteiger partial charge in [0.25, 0.3) is 0 Å². The third-order valence-electron chi connectivity index (χ3n) is 2.39. The van der Waals surface area contributed by atoms with Crippen molar-refractivity contribution in [1.82, 2.24) is 4.90 Å². The summed E-state index contributed by atoms with van der Waals surface area (Å²) >= 11 is 0. The van der Waals surface area contributed by atoms with E-state index >= 15 is 0 Å². The van der Waals surface area contributed by atoms with Crippen LogP contribution in [0.4, 0.5) is 0 Å². The lowest BCUT2D eigenvalue weighted by Crippen LogP contribution is -2.36. The summed E-state index contributed by atoms with van der Waals surface area (Å²) in [5.41, 5.74) is 0. The highest BCUT2D eigenvalue weighted by Crippen LogP contribution is 2.10. The Morgan fingerprint density at radius 2 is 1.69 bits per heavy atom. The van der Waals surface area contributed by atoms with E-state index < -0.39 is 0 Å². The van der Waals surface area contributed by atoms with Crippen LogP contribution in [-0.4, -0.2) is 18.4 Å². The van der Waals surface area contributed by atoms with Gasteiger partial charge in [-0.05, 0) is 11.3 Å². The summed E-state index contributed by atoms with van der Waals surface area (Å²) in [6.07, 6.45) is 5.30. The molecule has 1 aliphatic heterocycles. The average molecular weight is 183 g/mol. The molecule has 1 aliphatic rings. The first kappa shape index (κ1) is 10.4. The molecule has 3 nitrogen and oxygen atoms in total. The highest BCUT2D eigenvalue weighted by Gasteiger charge is 2.40. The third-order valence-corrected chi connectivity index (χ3v) is 2.39. The van der Waals surface area contributed by atoms with E-state index in [1.807, 2.05) is 0 Å². The van der Waals surface area contributed by atoms with Gasteiger partial charge in [-0.3, -0.25) is 0 Å². The normalized spacial score (nSPS) is 18.5. The van der Waals surface area contributed by atoms with Crippen molar-refractivity contribution in [1.29, 1.82) is 0 Å².